The predicted octanol–water partition coefficient (Wildman–Crippen LogP) is 3.51. The van der Waals surface area contributed by atoms with Gasteiger partial charge in [-0.3, -0.25) is 9.79 Å². The highest BCUT2D eigenvalue weighted by atomic mass is 127. The second kappa shape index (κ2) is 11.5. The number of halogens is 1. The van der Waals surface area contributed by atoms with Crippen molar-refractivity contribution >= 4 is 35.8 Å². The molecule has 1 aromatic rings. The Labute approximate surface area is 180 Å². The van der Waals surface area contributed by atoms with Crippen LogP contribution in [0.5, 0.6) is 0 Å². The molecule has 1 aliphatic carbocycles. The third-order valence-corrected chi connectivity index (χ3v) is 5.58. The van der Waals surface area contributed by atoms with Crippen molar-refractivity contribution in [3.05, 3.63) is 35.9 Å². The lowest BCUT2D eigenvalue weighted by Crippen LogP contribution is -2.42. The first-order valence-corrected chi connectivity index (χ1v) is 10.1. The molecule has 1 aliphatic heterocycles. The second-order valence-corrected chi connectivity index (χ2v) is 7.47. The Morgan fingerprint density at radius 2 is 1.89 bits per heavy atom. The number of nitrogens with zero attached hydrogens (tertiary/aromatic N) is 2. The highest BCUT2D eigenvalue weighted by Crippen LogP contribution is 2.26. The van der Waals surface area contributed by atoms with Gasteiger partial charge in [0.2, 0.25) is 5.91 Å². The maximum absolute atomic E-state index is 12.1. The van der Waals surface area contributed by atoms with Crippen molar-refractivity contribution in [3.63, 3.8) is 0 Å². The zero-order chi connectivity index (χ0) is 18.2. The van der Waals surface area contributed by atoms with Gasteiger partial charge < -0.3 is 15.5 Å². The molecule has 1 heterocycles. The maximum Gasteiger partial charge on any atom is 0.221 e. The minimum absolute atomic E-state index is 0. The van der Waals surface area contributed by atoms with Gasteiger partial charge in [0.1, 0.15) is 0 Å². The van der Waals surface area contributed by atoms with Crippen LogP contribution < -0.4 is 10.6 Å². The van der Waals surface area contributed by atoms with Crippen LogP contribution in [0.2, 0.25) is 0 Å². The quantitative estimate of drug-likeness (QED) is 0.382. The number of nitrogens with one attached hydrogen (secondary N) is 2. The third kappa shape index (κ3) is 6.66. The molecule has 150 valence electrons. The molecule has 3 rings (SSSR count). The first-order chi connectivity index (χ1) is 12.8. The molecule has 1 amide bonds. The molecule has 27 heavy (non-hydrogen) atoms. The van der Waals surface area contributed by atoms with E-state index < -0.39 is 0 Å². The molecule has 1 saturated carbocycles. The molecule has 0 bridgehead atoms. The molecule has 2 aliphatic rings. The molecule has 5 nitrogen and oxygen atoms in total. The first kappa shape index (κ1) is 22.0. The highest BCUT2D eigenvalue weighted by molar-refractivity contribution is 14.0. The van der Waals surface area contributed by atoms with E-state index in [4.69, 9.17) is 0 Å². The van der Waals surface area contributed by atoms with E-state index in [-0.39, 0.29) is 29.9 Å². The Hall–Kier alpha value is -1.31. The first-order valence-electron chi connectivity index (χ1n) is 10.1. The van der Waals surface area contributed by atoms with Gasteiger partial charge in [0.25, 0.3) is 0 Å². The summed E-state index contributed by atoms with van der Waals surface area (Å²) in [6.07, 6.45) is 7.72. The van der Waals surface area contributed by atoms with E-state index in [1.807, 2.05) is 7.05 Å². The van der Waals surface area contributed by atoms with Crippen LogP contribution in [0.25, 0.3) is 0 Å². The van der Waals surface area contributed by atoms with Crippen molar-refractivity contribution in [1.29, 1.82) is 0 Å². The Bertz CT molecular complexity index is 601. The van der Waals surface area contributed by atoms with Gasteiger partial charge in [0, 0.05) is 45.1 Å². The molecule has 1 unspecified atom stereocenters. The summed E-state index contributed by atoms with van der Waals surface area (Å²) in [4.78, 5) is 18.8. The standard InChI is InChI=1S/C21H32N4O.HI/c1-22-21(23-14-12-20(26)24-19-10-6-3-7-11-19)25-15-13-18(16-25)17-8-4-2-5-9-17;/h2,4-5,8-9,18-19H,3,6-7,10-16H2,1H3,(H,22,23)(H,24,26);1H. The predicted molar refractivity (Wildman–Crippen MR) is 122 cm³/mol. The zero-order valence-electron chi connectivity index (χ0n) is 16.3. The molecule has 1 atom stereocenters. The number of aliphatic imine (C=N–C) groups is 1. The van der Waals surface area contributed by atoms with Gasteiger partial charge in [-0.05, 0) is 24.8 Å². The van der Waals surface area contributed by atoms with Crippen molar-refractivity contribution < 1.29 is 4.79 Å². The molecule has 2 N–H and O–H groups in total. The van der Waals surface area contributed by atoms with Crippen LogP contribution in [-0.2, 0) is 4.79 Å². The van der Waals surface area contributed by atoms with Crippen LogP contribution >= 0.6 is 24.0 Å². The smallest absolute Gasteiger partial charge is 0.221 e. The molecule has 2 fully saturated rings. The van der Waals surface area contributed by atoms with Crippen LogP contribution in [0.1, 0.15) is 56.4 Å². The number of hydrogen-bond acceptors (Lipinski definition) is 2. The molecule has 1 saturated heterocycles. The SMILES string of the molecule is CN=C(NCCC(=O)NC1CCCCC1)N1CCC(c2ccccc2)C1.I. The summed E-state index contributed by atoms with van der Waals surface area (Å²) in [5, 5.41) is 6.54. The monoisotopic (exact) mass is 484 g/mol. The summed E-state index contributed by atoms with van der Waals surface area (Å²) in [6.45, 7) is 2.63. The van der Waals surface area contributed by atoms with Crippen molar-refractivity contribution in [2.75, 3.05) is 26.7 Å². The van der Waals surface area contributed by atoms with Crippen LogP contribution in [0.3, 0.4) is 0 Å². The lowest BCUT2D eigenvalue weighted by atomic mass is 9.95. The van der Waals surface area contributed by atoms with Crippen LogP contribution in [0.4, 0.5) is 0 Å². The number of carbonyl (C=O) groups is 1. The van der Waals surface area contributed by atoms with Gasteiger partial charge in [-0.1, -0.05) is 49.6 Å². The Morgan fingerprint density at radius 1 is 1.15 bits per heavy atom. The Morgan fingerprint density at radius 3 is 2.59 bits per heavy atom. The summed E-state index contributed by atoms with van der Waals surface area (Å²) in [5.74, 6) is 1.63. The molecular weight excluding hydrogens is 451 g/mol. The van der Waals surface area contributed by atoms with Crippen molar-refractivity contribution in [2.45, 2.75) is 56.9 Å². The Kier molecular flexibility index (Phi) is 9.38. The van der Waals surface area contributed by atoms with E-state index >= 15 is 0 Å². The van der Waals surface area contributed by atoms with E-state index in [2.05, 4.69) is 50.9 Å². The van der Waals surface area contributed by atoms with Gasteiger partial charge in [-0.15, -0.1) is 24.0 Å². The molecule has 1 aromatic carbocycles. The fourth-order valence-corrected chi connectivity index (χ4v) is 4.12. The number of benzene rings is 1. The fraction of sp³-hybridized carbons (Fsp3) is 0.619. The van der Waals surface area contributed by atoms with E-state index in [1.54, 1.807) is 0 Å². The van der Waals surface area contributed by atoms with Gasteiger partial charge in [0.15, 0.2) is 5.96 Å². The van der Waals surface area contributed by atoms with Crippen molar-refractivity contribution in [3.8, 4) is 0 Å². The minimum atomic E-state index is 0. The van der Waals surface area contributed by atoms with E-state index in [0.717, 1.165) is 38.3 Å². The molecule has 0 radical (unpaired) electrons. The average molecular weight is 484 g/mol. The number of likely N-dealkylation sites (tertiary alicyclic amines) is 1. The average Bonchev–Trinajstić information content (AvgIpc) is 3.17. The summed E-state index contributed by atoms with van der Waals surface area (Å²) >= 11 is 0. The van der Waals surface area contributed by atoms with Crippen molar-refractivity contribution in [2.24, 2.45) is 4.99 Å². The lowest BCUT2D eigenvalue weighted by molar-refractivity contribution is -0.121. The Balaban J connectivity index is 0.00000261. The fourth-order valence-electron chi connectivity index (χ4n) is 4.12. The lowest BCUT2D eigenvalue weighted by Gasteiger charge is -2.24. The number of amides is 1. The normalized spacial score (nSPS) is 20.9. The molecule has 0 aromatic heterocycles. The second-order valence-electron chi connectivity index (χ2n) is 7.47. The highest BCUT2D eigenvalue weighted by Gasteiger charge is 2.25. The number of carbonyl (C=O) groups excluding carboxylic acids is 1. The molecule has 0 spiro atoms. The van der Waals surface area contributed by atoms with E-state index in [0.29, 0.717) is 24.9 Å². The van der Waals surface area contributed by atoms with E-state index in [1.165, 1.54) is 24.8 Å². The zero-order valence-corrected chi connectivity index (χ0v) is 18.7. The molecule has 6 heteroatoms. The van der Waals surface area contributed by atoms with Gasteiger partial charge in [0.05, 0.1) is 0 Å². The summed E-state index contributed by atoms with van der Waals surface area (Å²) < 4.78 is 0. The van der Waals surface area contributed by atoms with Crippen LogP contribution in [0.15, 0.2) is 35.3 Å². The number of hydrogen-bond donors (Lipinski definition) is 2. The van der Waals surface area contributed by atoms with E-state index in [9.17, 15) is 4.79 Å². The number of guanidine groups is 1. The summed E-state index contributed by atoms with van der Waals surface area (Å²) in [5.41, 5.74) is 1.40. The molecular formula is C21H33IN4O. The van der Waals surface area contributed by atoms with Gasteiger partial charge >= 0.3 is 0 Å². The third-order valence-electron chi connectivity index (χ3n) is 5.58. The van der Waals surface area contributed by atoms with Crippen molar-refractivity contribution in [1.82, 2.24) is 15.5 Å². The van der Waals surface area contributed by atoms with Crippen LogP contribution in [0, 0.1) is 0 Å². The minimum Gasteiger partial charge on any atom is -0.356 e. The number of rotatable bonds is 5. The summed E-state index contributed by atoms with van der Waals surface area (Å²) in [6, 6.07) is 11.1. The van der Waals surface area contributed by atoms with Gasteiger partial charge in [-0.2, -0.15) is 0 Å². The largest absolute Gasteiger partial charge is 0.356 e. The topological polar surface area (TPSA) is 56.7 Å². The van der Waals surface area contributed by atoms with Gasteiger partial charge in [-0.25, -0.2) is 0 Å². The maximum atomic E-state index is 12.1. The van der Waals surface area contributed by atoms with Crippen LogP contribution in [-0.4, -0.2) is 49.5 Å². The summed E-state index contributed by atoms with van der Waals surface area (Å²) in [7, 11) is 1.82.